The zero-order valence-corrected chi connectivity index (χ0v) is 13.8. The molecule has 88 valence electrons. The van der Waals surface area contributed by atoms with Crippen molar-refractivity contribution in [3.8, 4) is 0 Å². The second-order valence-corrected chi connectivity index (χ2v) is 15.2. The Balaban J connectivity index is 3.13. The molecule has 0 fully saturated rings. The van der Waals surface area contributed by atoms with E-state index in [4.69, 9.17) is 19.4 Å². The van der Waals surface area contributed by atoms with Gasteiger partial charge in [-0.2, -0.15) is 0 Å². The van der Waals surface area contributed by atoms with Crippen LogP contribution >= 0.6 is 19.4 Å². The monoisotopic (exact) mass is 350 g/mol. The Hall–Kier alpha value is 0.810. The molecule has 0 aromatic carbocycles. The molecule has 0 spiro atoms. The topological polar surface area (TPSA) is 0 Å². The van der Waals surface area contributed by atoms with Gasteiger partial charge in [-0.05, 0) is 0 Å². The first-order chi connectivity index (χ1) is 6.91. The number of allylic oxidation sites excluding steroid dienone is 3. The number of rotatable bonds is 2. The van der Waals surface area contributed by atoms with Crippen LogP contribution in [0, 0.1) is 0 Å². The second kappa shape index (κ2) is 5.94. The van der Waals surface area contributed by atoms with Crippen LogP contribution in [0.3, 0.4) is 0 Å². The third-order valence-electron chi connectivity index (χ3n) is 2.52. The molecule has 4 heteroatoms. The van der Waals surface area contributed by atoms with Gasteiger partial charge in [0.25, 0.3) is 0 Å². The number of halogens is 2. The molecule has 0 radical (unpaired) electrons. The molecule has 15 heavy (non-hydrogen) atoms. The summed E-state index contributed by atoms with van der Waals surface area (Å²) in [6.45, 7) is 7.03. The molecule has 0 N–H and O–H groups in total. The maximum atomic E-state index is 5.97. The van der Waals surface area contributed by atoms with Crippen molar-refractivity contribution in [2.24, 2.45) is 0 Å². The summed E-state index contributed by atoms with van der Waals surface area (Å²) in [5, 5.41) is 1.39. The molecule has 0 bridgehead atoms. The first-order valence-electron chi connectivity index (χ1n) is 5.24. The van der Waals surface area contributed by atoms with E-state index in [0.717, 1.165) is 0 Å². The zero-order chi connectivity index (χ0) is 11.5. The Morgan fingerprint density at radius 1 is 1.33 bits per heavy atom. The van der Waals surface area contributed by atoms with E-state index < -0.39 is 21.6 Å². The Labute approximate surface area is 107 Å². The predicted molar refractivity (Wildman–Crippen MR) is 70.1 cm³/mol. The van der Waals surface area contributed by atoms with Gasteiger partial charge in [0.2, 0.25) is 0 Å². The average molecular weight is 350 g/mol. The van der Waals surface area contributed by atoms with Crippen molar-refractivity contribution < 1.29 is 13.5 Å². The summed E-state index contributed by atoms with van der Waals surface area (Å²) in [4.78, 5) is 0. The van der Waals surface area contributed by atoms with Crippen LogP contribution in [0.2, 0.25) is 19.6 Å². The van der Waals surface area contributed by atoms with Crippen LogP contribution < -0.4 is 0 Å². The molecule has 0 atom stereocenters. The molecular formula is C11H18Cl2RuSi. The van der Waals surface area contributed by atoms with Crippen molar-refractivity contribution in [1.29, 1.82) is 0 Å². The summed E-state index contributed by atoms with van der Waals surface area (Å²) < 4.78 is 3.37. The van der Waals surface area contributed by atoms with E-state index in [9.17, 15) is 0 Å². The molecule has 0 aromatic rings. The van der Waals surface area contributed by atoms with Crippen LogP contribution in [-0.4, -0.2) is 12.3 Å². The zero-order valence-electron chi connectivity index (χ0n) is 9.52. The normalized spacial score (nSPS) is 17.9. The van der Waals surface area contributed by atoms with Gasteiger partial charge < -0.3 is 0 Å². The summed E-state index contributed by atoms with van der Waals surface area (Å²) in [7, 11) is 10.6. The van der Waals surface area contributed by atoms with Crippen LogP contribution in [0.1, 0.15) is 25.7 Å². The molecule has 0 saturated carbocycles. The van der Waals surface area contributed by atoms with Gasteiger partial charge in [-0.3, -0.25) is 0 Å². The first-order valence-corrected chi connectivity index (χ1v) is 14.1. The van der Waals surface area contributed by atoms with Crippen LogP contribution in [0.5, 0.6) is 0 Å². The van der Waals surface area contributed by atoms with Gasteiger partial charge in [0.15, 0.2) is 0 Å². The van der Waals surface area contributed by atoms with E-state index in [1.54, 1.807) is 0 Å². The number of hydrogen-bond donors (Lipinski definition) is 0. The van der Waals surface area contributed by atoms with Crippen LogP contribution in [-0.2, 0) is 13.5 Å². The van der Waals surface area contributed by atoms with E-state index in [1.165, 1.54) is 36.5 Å². The van der Waals surface area contributed by atoms with Crippen molar-refractivity contribution in [1.82, 2.24) is 0 Å². The molecule has 1 aliphatic rings. The second-order valence-electron chi connectivity index (χ2n) is 4.87. The third kappa shape index (κ3) is 4.67. The van der Waals surface area contributed by atoms with E-state index in [2.05, 4.69) is 30.0 Å². The van der Waals surface area contributed by atoms with Gasteiger partial charge in [-0.15, -0.1) is 0 Å². The third-order valence-corrected chi connectivity index (χ3v) is 6.41. The summed E-state index contributed by atoms with van der Waals surface area (Å²) in [6.07, 6.45) is 7.41. The Kier molecular flexibility index (Phi) is 5.49. The van der Waals surface area contributed by atoms with Crippen molar-refractivity contribution in [2.45, 2.75) is 45.3 Å². The minimum absolute atomic E-state index is 1.20. The standard InChI is InChI=1S/C11H18Si.2ClH.Ru/c1-10(12(2,3)4)11-8-6-5-7-9-11;;;/h8H,5-7,9H2,2-4H3;2*1H;/q;;;+2/p-2. The maximum absolute atomic E-state index is 5.97. The summed E-state index contributed by atoms with van der Waals surface area (Å²) in [5.74, 6) is 0. The van der Waals surface area contributed by atoms with Crippen molar-refractivity contribution in [2.75, 3.05) is 0 Å². The van der Waals surface area contributed by atoms with Crippen molar-refractivity contribution in [3.63, 3.8) is 0 Å². The molecule has 0 amide bonds. The summed E-state index contributed by atoms with van der Waals surface area (Å²) in [5.41, 5.74) is 1.49. The quantitative estimate of drug-likeness (QED) is 0.638. The van der Waals surface area contributed by atoms with E-state index in [1.807, 2.05) is 0 Å². The molecule has 0 heterocycles. The fraction of sp³-hybridized carbons (Fsp3) is 0.636. The van der Waals surface area contributed by atoms with Gasteiger partial charge in [0.05, 0.1) is 0 Å². The van der Waals surface area contributed by atoms with Gasteiger partial charge in [0, 0.05) is 0 Å². The van der Waals surface area contributed by atoms with Crippen LogP contribution in [0.15, 0.2) is 16.8 Å². The SMILES string of the molecule is C[Si](C)(C)C(=[C]=[Ru]([Cl])[Cl])C1=CCCCC1. The van der Waals surface area contributed by atoms with Gasteiger partial charge in [-0.25, -0.2) is 0 Å². The van der Waals surface area contributed by atoms with Crippen molar-refractivity contribution >= 4 is 31.7 Å². The fourth-order valence-electron chi connectivity index (χ4n) is 1.80. The van der Waals surface area contributed by atoms with Crippen molar-refractivity contribution in [3.05, 3.63) is 16.8 Å². The van der Waals surface area contributed by atoms with Crippen LogP contribution in [0.4, 0.5) is 0 Å². The Bertz CT molecular complexity index is 329. The summed E-state index contributed by atoms with van der Waals surface area (Å²) in [6, 6.07) is 0. The summed E-state index contributed by atoms with van der Waals surface area (Å²) >= 11 is -1.79. The molecule has 0 unspecified atom stereocenters. The number of hydrogen-bond acceptors (Lipinski definition) is 0. The first kappa shape index (κ1) is 13.9. The Morgan fingerprint density at radius 2 is 2.00 bits per heavy atom. The molecule has 0 aliphatic heterocycles. The molecule has 1 aliphatic carbocycles. The molecular weight excluding hydrogens is 332 g/mol. The van der Waals surface area contributed by atoms with Gasteiger partial charge in [-0.1, -0.05) is 0 Å². The molecule has 1 rings (SSSR count). The van der Waals surface area contributed by atoms with E-state index in [0.29, 0.717) is 0 Å². The average Bonchev–Trinajstić information content (AvgIpc) is 2.14. The fourth-order valence-corrected chi connectivity index (χ4v) is 7.80. The minimum atomic E-state index is -1.79. The van der Waals surface area contributed by atoms with E-state index >= 15 is 0 Å². The molecule has 0 nitrogen and oxygen atoms in total. The molecule has 0 aromatic heterocycles. The van der Waals surface area contributed by atoms with Gasteiger partial charge in [0.1, 0.15) is 0 Å². The predicted octanol–water partition coefficient (Wildman–Crippen LogP) is 4.62. The Morgan fingerprint density at radius 3 is 2.40 bits per heavy atom. The molecule has 0 saturated heterocycles. The van der Waals surface area contributed by atoms with E-state index in [-0.39, 0.29) is 0 Å². The van der Waals surface area contributed by atoms with Crippen LogP contribution in [0.25, 0.3) is 0 Å². The van der Waals surface area contributed by atoms with Gasteiger partial charge >= 0.3 is 107 Å².